The van der Waals surface area contributed by atoms with E-state index in [1.807, 2.05) is 6.92 Å². The Labute approximate surface area is 138 Å². The van der Waals surface area contributed by atoms with Crippen LogP contribution in [0.15, 0.2) is 42.5 Å². The number of hydrogen-bond acceptors (Lipinski definition) is 3. The van der Waals surface area contributed by atoms with Crippen molar-refractivity contribution in [2.45, 2.75) is 32.2 Å². The van der Waals surface area contributed by atoms with E-state index in [0.29, 0.717) is 5.56 Å². The second-order valence-corrected chi connectivity index (χ2v) is 6.02. The van der Waals surface area contributed by atoms with Crippen LogP contribution in [0, 0.1) is 15.9 Å². The molecule has 0 N–H and O–H groups in total. The monoisotopic (exact) mass is 328 g/mol. The van der Waals surface area contributed by atoms with Gasteiger partial charge in [-0.05, 0) is 49.1 Å². The number of anilines is 1. The van der Waals surface area contributed by atoms with Crippen molar-refractivity contribution in [1.29, 1.82) is 0 Å². The SMILES string of the molecule is CC1CCc2cc(F)ccc2N1C(=O)Cc1ccc([N+](=O)[O-])cc1. The van der Waals surface area contributed by atoms with E-state index in [2.05, 4.69) is 0 Å². The third kappa shape index (κ3) is 3.13. The molecule has 1 heterocycles. The predicted molar refractivity (Wildman–Crippen MR) is 88.5 cm³/mol. The molecule has 1 aliphatic heterocycles. The number of halogens is 1. The molecule has 6 heteroatoms. The Morgan fingerprint density at radius 3 is 2.67 bits per heavy atom. The number of fused-ring (bicyclic) bond motifs is 1. The number of amides is 1. The summed E-state index contributed by atoms with van der Waals surface area (Å²) in [5.41, 5.74) is 2.30. The fourth-order valence-electron chi connectivity index (χ4n) is 3.10. The fourth-order valence-corrected chi connectivity index (χ4v) is 3.10. The van der Waals surface area contributed by atoms with Gasteiger partial charge in [-0.1, -0.05) is 12.1 Å². The summed E-state index contributed by atoms with van der Waals surface area (Å²) in [7, 11) is 0. The van der Waals surface area contributed by atoms with Crippen LogP contribution in [0.25, 0.3) is 0 Å². The molecule has 0 aromatic heterocycles. The van der Waals surface area contributed by atoms with Crippen LogP contribution in [0.5, 0.6) is 0 Å². The van der Waals surface area contributed by atoms with E-state index >= 15 is 0 Å². The highest BCUT2D eigenvalue weighted by Gasteiger charge is 2.28. The topological polar surface area (TPSA) is 63.5 Å². The van der Waals surface area contributed by atoms with Gasteiger partial charge in [0.15, 0.2) is 0 Å². The fraction of sp³-hybridized carbons (Fsp3) is 0.278. The standard InChI is InChI=1S/C18H17FN2O3/c1-12-2-5-14-11-15(19)6-9-17(14)20(12)18(22)10-13-3-7-16(8-4-13)21(23)24/h3-4,6-9,11-12H,2,5,10H2,1H3. The zero-order valence-corrected chi connectivity index (χ0v) is 13.2. The molecule has 0 bridgehead atoms. The maximum Gasteiger partial charge on any atom is 0.269 e. The zero-order chi connectivity index (χ0) is 17.3. The third-order valence-corrected chi connectivity index (χ3v) is 4.34. The highest BCUT2D eigenvalue weighted by atomic mass is 19.1. The lowest BCUT2D eigenvalue weighted by molar-refractivity contribution is -0.384. The normalized spacial score (nSPS) is 16.6. The van der Waals surface area contributed by atoms with Gasteiger partial charge in [-0.2, -0.15) is 0 Å². The Kier molecular flexibility index (Phi) is 4.29. The average Bonchev–Trinajstić information content (AvgIpc) is 2.55. The summed E-state index contributed by atoms with van der Waals surface area (Å²) < 4.78 is 13.4. The first kappa shape index (κ1) is 16.1. The number of nitro benzene ring substituents is 1. The van der Waals surface area contributed by atoms with Gasteiger partial charge < -0.3 is 4.90 Å². The van der Waals surface area contributed by atoms with Gasteiger partial charge in [0.05, 0.1) is 11.3 Å². The molecule has 0 aliphatic carbocycles. The lowest BCUT2D eigenvalue weighted by Crippen LogP contribution is -2.43. The van der Waals surface area contributed by atoms with E-state index in [4.69, 9.17) is 0 Å². The lowest BCUT2D eigenvalue weighted by Gasteiger charge is -2.35. The molecule has 1 unspecified atom stereocenters. The Balaban J connectivity index is 1.83. The molecule has 24 heavy (non-hydrogen) atoms. The van der Waals surface area contributed by atoms with Gasteiger partial charge in [-0.25, -0.2) is 4.39 Å². The number of aryl methyl sites for hydroxylation is 1. The summed E-state index contributed by atoms with van der Waals surface area (Å²) in [6.45, 7) is 1.97. The quantitative estimate of drug-likeness (QED) is 0.638. The van der Waals surface area contributed by atoms with Crippen LogP contribution < -0.4 is 4.90 Å². The smallest absolute Gasteiger partial charge is 0.269 e. The van der Waals surface area contributed by atoms with Gasteiger partial charge in [0.2, 0.25) is 5.91 Å². The van der Waals surface area contributed by atoms with Gasteiger partial charge in [0.25, 0.3) is 5.69 Å². The molecule has 1 amide bonds. The number of nitrogens with zero attached hydrogens (tertiary/aromatic N) is 2. The van der Waals surface area contributed by atoms with E-state index < -0.39 is 4.92 Å². The van der Waals surface area contributed by atoms with Crippen molar-refractivity contribution < 1.29 is 14.1 Å². The van der Waals surface area contributed by atoms with Crippen molar-refractivity contribution in [3.05, 3.63) is 69.5 Å². The largest absolute Gasteiger partial charge is 0.309 e. The molecule has 3 rings (SSSR count). The molecule has 0 radical (unpaired) electrons. The second kappa shape index (κ2) is 6.39. The highest BCUT2D eigenvalue weighted by molar-refractivity contribution is 5.96. The van der Waals surface area contributed by atoms with Gasteiger partial charge in [0.1, 0.15) is 5.82 Å². The molecule has 2 aromatic rings. The molecular formula is C18H17FN2O3. The molecule has 0 fully saturated rings. The molecule has 5 nitrogen and oxygen atoms in total. The Morgan fingerprint density at radius 1 is 1.29 bits per heavy atom. The molecule has 0 saturated carbocycles. The van der Waals surface area contributed by atoms with Gasteiger partial charge >= 0.3 is 0 Å². The number of hydrogen-bond donors (Lipinski definition) is 0. The third-order valence-electron chi connectivity index (χ3n) is 4.34. The van der Waals surface area contributed by atoms with E-state index in [0.717, 1.165) is 24.1 Å². The summed E-state index contributed by atoms with van der Waals surface area (Å²) in [6.07, 6.45) is 1.68. The van der Waals surface area contributed by atoms with E-state index in [9.17, 15) is 19.3 Å². The van der Waals surface area contributed by atoms with Crippen molar-refractivity contribution in [3.63, 3.8) is 0 Å². The molecule has 2 aromatic carbocycles. The van der Waals surface area contributed by atoms with Crippen LogP contribution in [0.3, 0.4) is 0 Å². The summed E-state index contributed by atoms with van der Waals surface area (Å²) in [6, 6.07) is 10.5. The van der Waals surface area contributed by atoms with E-state index in [-0.39, 0.29) is 29.9 Å². The van der Waals surface area contributed by atoms with Gasteiger partial charge in [0, 0.05) is 23.9 Å². The number of non-ortho nitro benzene ring substituents is 1. The van der Waals surface area contributed by atoms with Crippen molar-refractivity contribution >= 4 is 17.3 Å². The summed E-state index contributed by atoms with van der Waals surface area (Å²) in [4.78, 5) is 24.7. The molecular weight excluding hydrogens is 311 g/mol. The van der Waals surface area contributed by atoms with Crippen molar-refractivity contribution in [1.82, 2.24) is 0 Å². The molecule has 124 valence electrons. The van der Waals surface area contributed by atoms with E-state index in [1.54, 1.807) is 23.1 Å². The first-order valence-electron chi connectivity index (χ1n) is 7.79. The van der Waals surface area contributed by atoms with Crippen LogP contribution in [0.2, 0.25) is 0 Å². The number of benzene rings is 2. The van der Waals surface area contributed by atoms with Crippen LogP contribution in [-0.2, 0) is 17.6 Å². The van der Waals surface area contributed by atoms with Crippen molar-refractivity contribution in [3.8, 4) is 0 Å². The number of nitro groups is 1. The minimum atomic E-state index is -0.469. The Hall–Kier alpha value is -2.76. The summed E-state index contributed by atoms with van der Waals surface area (Å²) in [5, 5.41) is 10.7. The first-order chi connectivity index (χ1) is 11.5. The van der Waals surface area contributed by atoms with Gasteiger partial charge in [-0.15, -0.1) is 0 Å². The van der Waals surface area contributed by atoms with E-state index in [1.165, 1.54) is 24.3 Å². The van der Waals surface area contributed by atoms with Crippen molar-refractivity contribution in [2.75, 3.05) is 4.90 Å². The average molecular weight is 328 g/mol. The van der Waals surface area contributed by atoms with Gasteiger partial charge in [-0.3, -0.25) is 14.9 Å². The molecule has 0 spiro atoms. The molecule has 1 aliphatic rings. The zero-order valence-electron chi connectivity index (χ0n) is 13.2. The number of carbonyl (C=O) groups excluding carboxylic acids is 1. The first-order valence-corrected chi connectivity index (χ1v) is 7.79. The predicted octanol–water partition coefficient (Wildman–Crippen LogP) is 3.64. The number of carbonyl (C=O) groups is 1. The second-order valence-electron chi connectivity index (χ2n) is 6.02. The minimum absolute atomic E-state index is 0.00152. The molecule has 1 atom stereocenters. The maximum absolute atomic E-state index is 13.4. The minimum Gasteiger partial charge on any atom is -0.309 e. The maximum atomic E-state index is 13.4. The lowest BCUT2D eigenvalue weighted by atomic mass is 9.95. The molecule has 0 saturated heterocycles. The number of rotatable bonds is 3. The summed E-state index contributed by atoms with van der Waals surface area (Å²) >= 11 is 0. The Morgan fingerprint density at radius 2 is 2.00 bits per heavy atom. The van der Waals surface area contributed by atoms with Crippen LogP contribution in [-0.4, -0.2) is 16.9 Å². The Bertz CT molecular complexity index is 789. The van der Waals surface area contributed by atoms with Crippen LogP contribution >= 0.6 is 0 Å². The van der Waals surface area contributed by atoms with Crippen LogP contribution in [0.1, 0.15) is 24.5 Å². The van der Waals surface area contributed by atoms with Crippen LogP contribution in [0.4, 0.5) is 15.8 Å². The summed E-state index contributed by atoms with van der Waals surface area (Å²) in [5.74, 6) is -0.394. The van der Waals surface area contributed by atoms with Crippen molar-refractivity contribution in [2.24, 2.45) is 0 Å². The highest BCUT2D eigenvalue weighted by Crippen LogP contribution is 2.31.